The molecule has 0 saturated carbocycles. The van der Waals surface area contributed by atoms with E-state index in [1.165, 1.54) is 0 Å². The summed E-state index contributed by atoms with van der Waals surface area (Å²) in [5.74, 6) is -0.485. The molecular formula is C14H15ClN4O. The van der Waals surface area contributed by atoms with Gasteiger partial charge in [-0.2, -0.15) is 0 Å². The molecule has 0 aliphatic heterocycles. The molecule has 0 aliphatic carbocycles. The molecule has 2 aromatic rings. The molecule has 1 aromatic carbocycles. The van der Waals surface area contributed by atoms with Crippen LogP contribution in [0.4, 0.5) is 0 Å². The number of benzene rings is 1. The van der Waals surface area contributed by atoms with Gasteiger partial charge in [-0.05, 0) is 24.6 Å². The van der Waals surface area contributed by atoms with Crippen LogP contribution in [0.1, 0.15) is 27.3 Å². The Morgan fingerprint density at radius 1 is 1.30 bits per heavy atom. The Labute approximate surface area is 122 Å². The number of amides is 1. The standard InChI is InChI=1S/C14H15ClN4O/c1-9-5-19-12(8-18-9)7-17-6-11-3-2-10(14(16)20)4-13(11)15/h2-5,8,17H,6-7H2,1H3,(H2,16,20). The van der Waals surface area contributed by atoms with E-state index in [0.29, 0.717) is 23.7 Å². The fourth-order valence-corrected chi connectivity index (χ4v) is 1.93. The lowest BCUT2D eigenvalue weighted by Gasteiger charge is -2.07. The molecule has 2 rings (SSSR count). The van der Waals surface area contributed by atoms with Gasteiger partial charge in [-0.25, -0.2) is 0 Å². The number of nitrogens with two attached hydrogens (primary N) is 1. The van der Waals surface area contributed by atoms with E-state index in [1.54, 1.807) is 30.6 Å². The van der Waals surface area contributed by atoms with Crippen molar-refractivity contribution in [3.05, 3.63) is 58.1 Å². The molecule has 20 heavy (non-hydrogen) atoms. The third-order valence-corrected chi connectivity index (χ3v) is 3.15. The second kappa shape index (κ2) is 6.45. The van der Waals surface area contributed by atoms with E-state index in [9.17, 15) is 4.79 Å². The summed E-state index contributed by atoms with van der Waals surface area (Å²) in [6.45, 7) is 3.07. The van der Waals surface area contributed by atoms with E-state index < -0.39 is 5.91 Å². The van der Waals surface area contributed by atoms with Gasteiger partial charge < -0.3 is 11.1 Å². The molecule has 0 saturated heterocycles. The second-order valence-electron chi connectivity index (χ2n) is 4.42. The maximum absolute atomic E-state index is 11.0. The van der Waals surface area contributed by atoms with Crippen molar-refractivity contribution in [2.75, 3.05) is 0 Å². The molecule has 0 radical (unpaired) electrons. The van der Waals surface area contributed by atoms with Crippen LogP contribution >= 0.6 is 11.6 Å². The van der Waals surface area contributed by atoms with Crippen molar-refractivity contribution in [2.45, 2.75) is 20.0 Å². The van der Waals surface area contributed by atoms with Crippen molar-refractivity contribution in [1.29, 1.82) is 0 Å². The summed E-state index contributed by atoms with van der Waals surface area (Å²) in [4.78, 5) is 19.4. The highest BCUT2D eigenvalue weighted by atomic mass is 35.5. The largest absolute Gasteiger partial charge is 0.366 e. The minimum atomic E-state index is -0.485. The molecule has 0 spiro atoms. The molecule has 1 amide bonds. The van der Waals surface area contributed by atoms with Crippen molar-refractivity contribution in [3.63, 3.8) is 0 Å². The Bertz CT molecular complexity index is 613. The molecular weight excluding hydrogens is 276 g/mol. The third-order valence-electron chi connectivity index (χ3n) is 2.79. The zero-order valence-electron chi connectivity index (χ0n) is 11.1. The van der Waals surface area contributed by atoms with Gasteiger partial charge in [-0.3, -0.25) is 14.8 Å². The van der Waals surface area contributed by atoms with Crippen LogP contribution in [0.5, 0.6) is 0 Å². The maximum Gasteiger partial charge on any atom is 0.248 e. The fourth-order valence-electron chi connectivity index (χ4n) is 1.68. The van der Waals surface area contributed by atoms with Crippen molar-refractivity contribution in [1.82, 2.24) is 15.3 Å². The van der Waals surface area contributed by atoms with Crippen LogP contribution in [0.25, 0.3) is 0 Å². The molecule has 0 fully saturated rings. The summed E-state index contributed by atoms with van der Waals surface area (Å²) in [5.41, 5.74) is 8.25. The normalized spacial score (nSPS) is 10.5. The molecule has 6 heteroatoms. The van der Waals surface area contributed by atoms with Gasteiger partial charge >= 0.3 is 0 Å². The van der Waals surface area contributed by atoms with Crippen LogP contribution in [-0.2, 0) is 13.1 Å². The van der Waals surface area contributed by atoms with Crippen LogP contribution in [0.3, 0.4) is 0 Å². The van der Waals surface area contributed by atoms with Crippen LogP contribution in [0.15, 0.2) is 30.6 Å². The lowest BCUT2D eigenvalue weighted by Crippen LogP contribution is -2.15. The summed E-state index contributed by atoms with van der Waals surface area (Å²) < 4.78 is 0. The number of aryl methyl sites for hydroxylation is 1. The first kappa shape index (κ1) is 14.4. The minimum Gasteiger partial charge on any atom is -0.366 e. The lowest BCUT2D eigenvalue weighted by molar-refractivity contribution is 0.100. The zero-order chi connectivity index (χ0) is 14.5. The van der Waals surface area contributed by atoms with E-state index in [2.05, 4.69) is 15.3 Å². The van der Waals surface area contributed by atoms with E-state index in [0.717, 1.165) is 17.0 Å². The summed E-state index contributed by atoms with van der Waals surface area (Å²) in [6, 6.07) is 5.03. The number of halogens is 1. The van der Waals surface area contributed by atoms with Gasteiger partial charge in [0.15, 0.2) is 0 Å². The molecule has 104 valence electrons. The van der Waals surface area contributed by atoms with E-state index in [4.69, 9.17) is 17.3 Å². The van der Waals surface area contributed by atoms with Gasteiger partial charge in [-0.15, -0.1) is 0 Å². The number of carbonyl (C=O) groups excluding carboxylic acids is 1. The average molecular weight is 291 g/mol. The Hall–Kier alpha value is -1.98. The van der Waals surface area contributed by atoms with Crippen molar-refractivity contribution < 1.29 is 4.79 Å². The SMILES string of the molecule is Cc1cnc(CNCc2ccc(C(N)=O)cc2Cl)cn1. The number of nitrogens with zero attached hydrogens (tertiary/aromatic N) is 2. The molecule has 0 atom stereocenters. The number of nitrogens with one attached hydrogen (secondary N) is 1. The van der Waals surface area contributed by atoms with Gasteiger partial charge in [0.25, 0.3) is 0 Å². The lowest BCUT2D eigenvalue weighted by atomic mass is 10.1. The molecule has 1 heterocycles. The highest BCUT2D eigenvalue weighted by Crippen LogP contribution is 2.17. The predicted molar refractivity (Wildman–Crippen MR) is 77.3 cm³/mol. The number of carbonyl (C=O) groups is 1. The van der Waals surface area contributed by atoms with Crippen LogP contribution in [0.2, 0.25) is 5.02 Å². The van der Waals surface area contributed by atoms with Crippen LogP contribution < -0.4 is 11.1 Å². The average Bonchev–Trinajstić information content (AvgIpc) is 2.42. The summed E-state index contributed by atoms with van der Waals surface area (Å²) >= 11 is 6.10. The summed E-state index contributed by atoms with van der Waals surface area (Å²) in [7, 11) is 0. The van der Waals surface area contributed by atoms with Crippen LogP contribution in [0, 0.1) is 6.92 Å². The van der Waals surface area contributed by atoms with Gasteiger partial charge in [0.05, 0.1) is 11.4 Å². The third kappa shape index (κ3) is 3.76. The van der Waals surface area contributed by atoms with Crippen molar-refractivity contribution >= 4 is 17.5 Å². The monoisotopic (exact) mass is 290 g/mol. The summed E-state index contributed by atoms with van der Waals surface area (Å²) in [5, 5.41) is 3.74. The number of rotatable bonds is 5. The smallest absolute Gasteiger partial charge is 0.248 e. The van der Waals surface area contributed by atoms with Gasteiger partial charge in [0.2, 0.25) is 5.91 Å². The first-order valence-corrected chi connectivity index (χ1v) is 6.50. The molecule has 5 nitrogen and oxygen atoms in total. The topological polar surface area (TPSA) is 80.9 Å². The zero-order valence-corrected chi connectivity index (χ0v) is 11.8. The van der Waals surface area contributed by atoms with Crippen molar-refractivity contribution in [3.8, 4) is 0 Å². The molecule has 3 N–H and O–H groups in total. The Kier molecular flexibility index (Phi) is 4.65. The molecule has 0 bridgehead atoms. The highest BCUT2D eigenvalue weighted by Gasteiger charge is 2.05. The number of hydrogen-bond acceptors (Lipinski definition) is 4. The summed E-state index contributed by atoms with van der Waals surface area (Å²) in [6.07, 6.45) is 3.46. The van der Waals surface area contributed by atoms with Gasteiger partial charge in [0, 0.05) is 36.1 Å². The molecule has 1 aromatic heterocycles. The van der Waals surface area contributed by atoms with Crippen LogP contribution in [-0.4, -0.2) is 15.9 Å². The van der Waals surface area contributed by atoms with Crippen molar-refractivity contribution in [2.24, 2.45) is 5.73 Å². The van der Waals surface area contributed by atoms with Gasteiger partial charge in [-0.1, -0.05) is 17.7 Å². The van der Waals surface area contributed by atoms with Gasteiger partial charge in [0.1, 0.15) is 0 Å². The Morgan fingerprint density at radius 2 is 2.10 bits per heavy atom. The number of primary amides is 1. The Balaban J connectivity index is 1.94. The second-order valence-corrected chi connectivity index (χ2v) is 4.83. The number of aromatic nitrogens is 2. The van der Waals surface area contributed by atoms with E-state index >= 15 is 0 Å². The van der Waals surface area contributed by atoms with E-state index in [1.807, 2.05) is 6.92 Å². The van der Waals surface area contributed by atoms with E-state index in [-0.39, 0.29) is 0 Å². The molecule has 0 unspecified atom stereocenters. The highest BCUT2D eigenvalue weighted by molar-refractivity contribution is 6.31. The number of hydrogen-bond donors (Lipinski definition) is 2. The Morgan fingerprint density at radius 3 is 2.70 bits per heavy atom. The minimum absolute atomic E-state index is 0.406. The first-order valence-electron chi connectivity index (χ1n) is 6.12. The first-order chi connectivity index (χ1) is 9.56. The predicted octanol–water partition coefficient (Wildman–Crippen LogP) is 1.83. The molecule has 0 aliphatic rings. The fraction of sp³-hybridized carbons (Fsp3) is 0.214. The maximum atomic E-state index is 11.0. The quantitative estimate of drug-likeness (QED) is 0.880.